The third-order valence-electron chi connectivity index (χ3n) is 3.14. The van der Waals surface area contributed by atoms with Crippen LogP contribution >= 0.6 is 11.6 Å². The first-order chi connectivity index (χ1) is 8.56. The van der Waals surface area contributed by atoms with Crippen LogP contribution in [0.2, 0.25) is 5.15 Å². The van der Waals surface area contributed by atoms with Crippen molar-refractivity contribution in [1.82, 2.24) is 9.88 Å². The summed E-state index contributed by atoms with van der Waals surface area (Å²) in [6.45, 7) is 2.83. The molecule has 0 spiro atoms. The first-order valence-corrected chi connectivity index (χ1v) is 6.26. The lowest BCUT2D eigenvalue weighted by atomic mass is 10.1. The van der Waals surface area contributed by atoms with Crippen LogP contribution in [-0.2, 0) is 0 Å². The maximum Gasteiger partial charge on any atom is 0.339 e. The zero-order valence-electron chi connectivity index (χ0n) is 10.2. The average Bonchev–Trinajstić information content (AvgIpc) is 2.72. The Kier molecular flexibility index (Phi) is 4.04. The van der Waals surface area contributed by atoms with E-state index < -0.39 is 5.97 Å². The highest BCUT2D eigenvalue weighted by Gasteiger charge is 2.20. The van der Waals surface area contributed by atoms with Crippen LogP contribution in [0.5, 0.6) is 0 Å². The summed E-state index contributed by atoms with van der Waals surface area (Å²) in [5, 5.41) is 12.5. The number of pyridine rings is 1. The molecule has 1 unspecified atom stereocenters. The predicted octanol–water partition coefficient (Wildman–Crippen LogP) is 1.80. The van der Waals surface area contributed by atoms with Gasteiger partial charge in [0.25, 0.3) is 0 Å². The van der Waals surface area contributed by atoms with Gasteiger partial charge in [-0.3, -0.25) is 0 Å². The Hall–Kier alpha value is -1.33. The van der Waals surface area contributed by atoms with Crippen molar-refractivity contribution in [3.05, 3.63) is 22.8 Å². The number of rotatable bonds is 4. The molecule has 1 atom stereocenters. The van der Waals surface area contributed by atoms with Gasteiger partial charge in [-0.25, -0.2) is 9.78 Å². The lowest BCUT2D eigenvalue weighted by Gasteiger charge is -2.13. The molecule has 0 amide bonds. The van der Waals surface area contributed by atoms with Crippen LogP contribution in [0.4, 0.5) is 5.82 Å². The zero-order chi connectivity index (χ0) is 13.1. The van der Waals surface area contributed by atoms with E-state index in [1.807, 2.05) is 0 Å². The molecule has 1 aliphatic heterocycles. The number of carboxylic acids is 1. The second-order valence-corrected chi connectivity index (χ2v) is 5.02. The molecule has 1 aromatic rings. The number of halogens is 1. The Morgan fingerprint density at radius 2 is 2.44 bits per heavy atom. The smallest absolute Gasteiger partial charge is 0.339 e. The number of aromatic nitrogens is 1. The minimum absolute atomic E-state index is 0.158. The van der Waals surface area contributed by atoms with E-state index in [1.165, 1.54) is 12.1 Å². The number of nitrogens with zero attached hydrogens (tertiary/aromatic N) is 2. The van der Waals surface area contributed by atoms with E-state index in [4.69, 9.17) is 16.7 Å². The predicted molar refractivity (Wildman–Crippen MR) is 70.3 cm³/mol. The van der Waals surface area contributed by atoms with Gasteiger partial charge in [0.05, 0.1) is 0 Å². The van der Waals surface area contributed by atoms with Crippen LogP contribution < -0.4 is 5.32 Å². The van der Waals surface area contributed by atoms with Crippen molar-refractivity contribution in [3.63, 3.8) is 0 Å². The lowest BCUT2D eigenvalue weighted by molar-refractivity contribution is 0.0697. The largest absolute Gasteiger partial charge is 0.478 e. The fourth-order valence-corrected chi connectivity index (χ4v) is 2.32. The van der Waals surface area contributed by atoms with Crippen LogP contribution in [-0.4, -0.2) is 47.6 Å². The topological polar surface area (TPSA) is 65.5 Å². The number of likely N-dealkylation sites (tertiary alicyclic amines) is 1. The summed E-state index contributed by atoms with van der Waals surface area (Å²) in [6, 6.07) is 2.96. The first kappa shape index (κ1) is 13.1. The van der Waals surface area contributed by atoms with Crippen LogP contribution in [0.3, 0.4) is 0 Å². The molecule has 1 fully saturated rings. The molecule has 1 aliphatic rings. The second kappa shape index (κ2) is 5.54. The summed E-state index contributed by atoms with van der Waals surface area (Å²) >= 11 is 5.79. The van der Waals surface area contributed by atoms with Gasteiger partial charge in [-0.2, -0.15) is 0 Å². The number of anilines is 1. The Morgan fingerprint density at radius 1 is 1.67 bits per heavy atom. The van der Waals surface area contributed by atoms with Gasteiger partial charge in [0.2, 0.25) is 0 Å². The van der Waals surface area contributed by atoms with E-state index in [0.29, 0.717) is 16.9 Å². The van der Waals surface area contributed by atoms with E-state index in [1.54, 1.807) is 0 Å². The Balaban J connectivity index is 2.04. The number of hydrogen-bond acceptors (Lipinski definition) is 4. The Morgan fingerprint density at radius 3 is 3.06 bits per heavy atom. The molecule has 0 saturated carbocycles. The maximum atomic E-state index is 11.0. The fraction of sp³-hybridized carbons (Fsp3) is 0.500. The van der Waals surface area contributed by atoms with Gasteiger partial charge in [0, 0.05) is 13.1 Å². The minimum atomic E-state index is -0.995. The minimum Gasteiger partial charge on any atom is -0.478 e. The number of nitrogens with one attached hydrogen (secondary N) is 1. The molecule has 1 saturated heterocycles. The van der Waals surface area contributed by atoms with Crippen molar-refractivity contribution in [2.24, 2.45) is 5.92 Å². The van der Waals surface area contributed by atoms with Crippen molar-refractivity contribution < 1.29 is 9.90 Å². The molecule has 0 aliphatic carbocycles. The number of hydrogen-bond donors (Lipinski definition) is 2. The molecule has 18 heavy (non-hydrogen) atoms. The molecule has 0 aromatic carbocycles. The molecule has 5 nitrogen and oxygen atoms in total. The van der Waals surface area contributed by atoms with Gasteiger partial charge in [-0.1, -0.05) is 11.6 Å². The molecular weight excluding hydrogens is 254 g/mol. The second-order valence-electron chi connectivity index (χ2n) is 4.63. The quantitative estimate of drug-likeness (QED) is 0.816. The summed E-state index contributed by atoms with van der Waals surface area (Å²) < 4.78 is 0. The first-order valence-electron chi connectivity index (χ1n) is 5.88. The standard InChI is InChI=1S/C12H16ClN3O2/c1-16-5-4-8(7-16)6-14-11-9(12(17)18)2-3-10(13)15-11/h2-3,8H,4-7H2,1H3,(H,14,15)(H,17,18). The molecule has 98 valence electrons. The molecule has 2 N–H and O–H groups in total. The van der Waals surface area contributed by atoms with Crippen molar-refractivity contribution >= 4 is 23.4 Å². The zero-order valence-corrected chi connectivity index (χ0v) is 10.9. The number of carboxylic acid groups (broad SMARTS) is 1. The SMILES string of the molecule is CN1CCC(CNc2nc(Cl)ccc2C(=O)O)C1. The number of aromatic carboxylic acids is 1. The summed E-state index contributed by atoms with van der Waals surface area (Å²) in [5.74, 6) is -0.118. The van der Waals surface area contributed by atoms with Crippen LogP contribution in [0.25, 0.3) is 0 Å². The normalized spacial score (nSPS) is 20.0. The summed E-state index contributed by atoms with van der Waals surface area (Å²) in [7, 11) is 2.08. The van der Waals surface area contributed by atoms with Gasteiger partial charge >= 0.3 is 5.97 Å². The van der Waals surface area contributed by atoms with Crippen molar-refractivity contribution in [1.29, 1.82) is 0 Å². The highest BCUT2D eigenvalue weighted by molar-refractivity contribution is 6.29. The van der Waals surface area contributed by atoms with E-state index in [-0.39, 0.29) is 5.56 Å². The Labute approximate surface area is 111 Å². The third-order valence-corrected chi connectivity index (χ3v) is 3.35. The van der Waals surface area contributed by atoms with E-state index >= 15 is 0 Å². The van der Waals surface area contributed by atoms with Gasteiger partial charge in [-0.15, -0.1) is 0 Å². The van der Waals surface area contributed by atoms with Gasteiger partial charge in [0.1, 0.15) is 16.5 Å². The van der Waals surface area contributed by atoms with Gasteiger partial charge in [0.15, 0.2) is 0 Å². The molecule has 0 radical (unpaired) electrons. The Bertz CT molecular complexity index is 453. The summed E-state index contributed by atoms with van der Waals surface area (Å²) in [4.78, 5) is 17.3. The summed E-state index contributed by atoms with van der Waals surface area (Å²) in [5.41, 5.74) is 0.158. The maximum absolute atomic E-state index is 11.0. The van der Waals surface area contributed by atoms with Gasteiger partial charge in [-0.05, 0) is 38.1 Å². The van der Waals surface area contributed by atoms with Crippen molar-refractivity contribution in [2.45, 2.75) is 6.42 Å². The van der Waals surface area contributed by atoms with Crippen LogP contribution in [0, 0.1) is 5.92 Å². The molecular formula is C12H16ClN3O2. The molecule has 6 heteroatoms. The monoisotopic (exact) mass is 269 g/mol. The highest BCUT2D eigenvalue weighted by atomic mass is 35.5. The van der Waals surface area contributed by atoms with Crippen molar-refractivity contribution in [3.8, 4) is 0 Å². The summed E-state index contributed by atoms with van der Waals surface area (Å²) in [6.07, 6.45) is 1.12. The fourth-order valence-electron chi connectivity index (χ4n) is 2.18. The highest BCUT2D eigenvalue weighted by Crippen LogP contribution is 2.19. The molecule has 2 rings (SSSR count). The van der Waals surface area contributed by atoms with Crippen molar-refractivity contribution in [2.75, 3.05) is 32.0 Å². The third kappa shape index (κ3) is 3.11. The van der Waals surface area contributed by atoms with E-state index in [9.17, 15) is 4.79 Å². The molecule has 0 bridgehead atoms. The van der Waals surface area contributed by atoms with E-state index in [2.05, 4.69) is 22.2 Å². The van der Waals surface area contributed by atoms with Crippen LogP contribution in [0.15, 0.2) is 12.1 Å². The van der Waals surface area contributed by atoms with E-state index in [0.717, 1.165) is 26.1 Å². The van der Waals surface area contributed by atoms with Crippen LogP contribution in [0.1, 0.15) is 16.8 Å². The average molecular weight is 270 g/mol. The number of carbonyl (C=O) groups is 1. The lowest BCUT2D eigenvalue weighted by Crippen LogP contribution is -2.20. The molecule has 1 aromatic heterocycles. The molecule has 2 heterocycles. The van der Waals surface area contributed by atoms with Gasteiger partial charge < -0.3 is 15.3 Å².